The summed E-state index contributed by atoms with van der Waals surface area (Å²) in [6.45, 7) is 8.17. The van der Waals surface area contributed by atoms with Gasteiger partial charge in [-0.3, -0.25) is 9.59 Å². The normalized spacial score (nSPS) is 48.8. The third-order valence-electron chi connectivity index (χ3n) is 10.6. The first-order valence-corrected chi connectivity index (χ1v) is 12.7. The number of carboxylic acids is 1. The molecule has 6 unspecified atom stereocenters. The molecule has 11 atom stereocenters. The van der Waals surface area contributed by atoms with Gasteiger partial charge in [0.05, 0.1) is 12.2 Å². The van der Waals surface area contributed by atoms with E-state index in [-0.39, 0.29) is 59.1 Å². The van der Waals surface area contributed by atoms with E-state index in [2.05, 4.69) is 20.8 Å². The molecule has 0 radical (unpaired) electrons. The number of carbonyl (C=O) groups excluding carboxylic acids is 1. The first kappa shape index (κ1) is 24.0. The molecule has 3 N–H and O–H groups in total. The fourth-order valence-corrected chi connectivity index (χ4v) is 9.01. The topological polar surface area (TPSA) is 104 Å². The quantitative estimate of drug-likeness (QED) is 0.547. The number of aliphatic hydroxyl groups excluding tert-OH is 2. The van der Waals surface area contributed by atoms with E-state index in [1.807, 2.05) is 0 Å². The van der Waals surface area contributed by atoms with Gasteiger partial charge in [0.2, 0.25) is 0 Å². The largest absolute Gasteiger partial charge is 0.481 e. The lowest BCUT2D eigenvalue weighted by Gasteiger charge is -2.63. The molecular formula is C26H42O6. The molecule has 182 valence electrons. The van der Waals surface area contributed by atoms with Crippen molar-refractivity contribution in [2.24, 2.45) is 46.3 Å². The molecule has 0 amide bonds. The number of fused-ring (bicyclic) bond motifs is 5. The van der Waals surface area contributed by atoms with E-state index < -0.39 is 12.1 Å². The lowest BCUT2D eigenvalue weighted by molar-refractivity contribution is -0.209. The van der Waals surface area contributed by atoms with Crippen LogP contribution >= 0.6 is 0 Å². The smallest absolute Gasteiger partial charge is 0.303 e. The second kappa shape index (κ2) is 8.57. The second-order valence-corrected chi connectivity index (χ2v) is 12.0. The van der Waals surface area contributed by atoms with E-state index in [0.29, 0.717) is 24.7 Å². The van der Waals surface area contributed by atoms with Gasteiger partial charge in [-0.15, -0.1) is 0 Å². The summed E-state index contributed by atoms with van der Waals surface area (Å²) in [4.78, 5) is 22.6. The number of aliphatic carboxylic acids is 1. The molecule has 0 heterocycles. The summed E-state index contributed by atoms with van der Waals surface area (Å²) in [5.74, 6) is 0.586. The molecule has 0 aliphatic heterocycles. The molecule has 6 nitrogen and oxygen atoms in total. The maximum absolute atomic E-state index is 11.6. The fourth-order valence-electron chi connectivity index (χ4n) is 9.01. The monoisotopic (exact) mass is 450 g/mol. The van der Waals surface area contributed by atoms with Gasteiger partial charge in [-0.25, -0.2) is 0 Å². The molecule has 0 spiro atoms. The number of hydrogen-bond donors (Lipinski definition) is 3. The lowest BCUT2D eigenvalue weighted by atomic mass is 9.43. The van der Waals surface area contributed by atoms with Crippen LogP contribution < -0.4 is 0 Å². The van der Waals surface area contributed by atoms with Gasteiger partial charge in [0.15, 0.2) is 0 Å². The minimum absolute atomic E-state index is 0.0515. The Labute approximate surface area is 192 Å². The summed E-state index contributed by atoms with van der Waals surface area (Å²) in [5.41, 5.74) is -0.214. The highest BCUT2D eigenvalue weighted by Gasteiger charge is 2.65. The molecule has 0 aromatic heterocycles. The summed E-state index contributed by atoms with van der Waals surface area (Å²) in [7, 11) is 0. The minimum atomic E-state index is -0.758. The Kier molecular flexibility index (Phi) is 6.43. The molecule has 0 saturated heterocycles. The third kappa shape index (κ3) is 3.79. The van der Waals surface area contributed by atoms with Crippen molar-refractivity contribution in [2.45, 2.75) is 104 Å². The van der Waals surface area contributed by atoms with Crippen molar-refractivity contribution in [1.29, 1.82) is 0 Å². The van der Waals surface area contributed by atoms with Gasteiger partial charge in [-0.1, -0.05) is 20.8 Å². The van der Waals surface area contributed by atoms with Crippen LogP contribution in [0, 0.1) is 46.3 Å². The molecule has 0 bridgehead atoms. The average Bonchev–Trinajstić information content (AvgIpc) is 3.06. The zero-order valence-corrected chi connectivity index (χ0v) is 20.1. The Hall–Kier alpha value is -1.14. The van der Waals surface area contributed by atoms with E-state index in [1.165, 1.54) is 6.92 Å². The van der Waals surface area contributed by atoms with Crippen LogP contribution in [0.25, 0.3) is 0 Å². The van der Waals surface area contributed by atoms with Gasteiger partial charge in [0, 0.05) is 13.3 Å². The second-order valence-electron chi connectivity index (χ2n) is 12.0. The highest BCUT2D eigenvalue weighted by molar-refractivity contribution is 5.66. The summed E-state index contributed by atoms with van der Waals surface area (Å²) in [6.07, 6.45) is 6.05. The van der Waals surface area contributed by atoms with Gasteiger partial charge < -0.3 is 20.1 Å². The molecule has 6 heteroatoms. The van der Waals surface area contributed by atoms with Crippen LogP contribution in [0.15, 0.2) is 0 Å². The van der Waals surface area contributed by atoms with E-state index in [0.717, 1.165) is 38.5 Å². The number of aliphatic hydroxyl groups is 2. The van der Waals surface area contributed by atoms with Crippen LogP contribution in [-0.4, -0.2) is 45.6 Å². The first-order valence-electron chi connectivity index (χ1n) is 12.7. The van der Waals surface area contributed by atoms with E-state index in [4.69, 9.17) is 9.84 Å². The molecular weight excluding hydrogens is 408 g/mol. The number of hydrogen-bond acceptors (Lipinski definition) is 5. The summed E-state index contributed by atoms with van der Waals surface area (Å²) in [6, 6.07) is 0. The van der Waals surface area contributed by atoms with Crippen LogP contribution in [-0.2, 0) is 14.3 Å². The van der Waals surface area contributed by atoms with Crippen molar-refractivity contribution < 1.29 is 29.6 Å². The van der Waals surface area contributed by atoms with Crippen LogP contribution in [0.1, 0.15) is 85.5 Å². The summed E-state index contributed by atoms with van der Waals surface area (Å²) in [5, 5.41) is 32.1. The molecule has 4 fully saturated rings. The molecule has 4 rings (SSSR count). The van der Waals surface area contributed by atoms with Gasteiger partial charge in [-0.05, 0) is 97.7 Å². The highest BCUT2D eigenvalue weighted by atomic mass is 16.5. The summed E-state index contributed by atoms with van der Waals surface area (Å²) >= 11 is 0. The average molecular weight is 451 g/mol. The zero-order chi connectivity index (χ0) is 23.4. The van der Waals surface area contributed by atoms with Crippen molar-refractivity contribution >= 4 is 11.9 Å². The fraction of sp³-hybridized carbons (Fsp3) is 0.923. The molecule has 0 aromatic rings. The van der Waals surface area contributed by atoms with Crippen LogP contribution in [0.5, 0.6) is 0 Å². The molecule has 0 aromatic carbocycles. The van der Waals surface area contributed by atoms with Crippen LogP contribution in [0.3, 0.4) is 0 Å². The van der Waals surface area contributed by atoms with Crippen molar-refractivity contribution in [3.8, 4) is 0 Å². The summed E-state index contributed by atoms with van der Waals surface area (Å²) < 4.78 is 5.53. The Balaban J connectivity index is 1.56. The SMILES string of the molecule is CC(=O)OC1CC[C@]2(C)C3CC(O)[C@@]4(C)C(CC[C@@H]4C(C)CCC(=O)O)[C@@H]3C(O)C[C@@H]2C1. The minimum Gasteiger partial charge on any atom is -0.481 e. The molecule has 4 aliphatic carbocycles. The van der Waals surface area contributed by atoms with Crippen molar-refractivity contribution in [2.75, 3.05) is 0 Å². The molecule has 4 saturated carbocycles. The van der Waals surface area contributed by atoms with Crippen LogP contribution in [0.2, 0.25) is 0 Å². The lowest BCUT2D eigenvalue weighted by Crippen LogP contribution is -2.62. The Morgan fingerprint density at radius 2 is 1.78 bits per heavy atom. The number of carbonyl (C=O) groups is 2. The van der Waals surface area contributed by atoms with Crippen molar-refractivity contribution in [1.82, 2.24) is 0 Å². The predicted octanol–water partition coefficient (Wildman–Crippen LogP) is 4.02. The molecule has 32 heavy (non-hydrogen) atoms. The van der Waals surface area contributed by atoms with Gasteiger partial charge in [0.1, 0.15) is 6.10 Å². The van der Waals surface area contributed by atoms with E-state index >= 15 is 0 Å². The number of ether oxygens (including phenoxy) is 1. The number of carboxylic acid groups (broad SMARTS) is 1. The Bertz CT molecular complexity index is 738. The Morgan fingerprint density at radius 3 is 2.44 bits per heavy atom. The van der Waals surface area contributed by atoms with Crippen molar-refractivity contribution in [3.05, 3.63) is 0 Å². The predicted molar refractivity (Wildman–Crippen MR) is 120 cm³/mol. The van der Waals surface area contributed by atoms with Gasteiger partial charge in [-0.2, -0.15) is 0 Å². The Morgan fingerprint density at radius 1 is 1.06 bits per heavy atom. The number of esters is 1. The van der Waals surface area contributed by atoms with E-state index in [1.54, 1.807) is 0 Å². The highest BCUT2D eigenvalue weighted by Crippen LogP contribution is 2.68. The standard InChI is InChI=1S/C26H42O6/c1-14(5-8-23(30)31)18-6-7-19-24-20(13-22(29)26(18,19)4)25(3)10-9-17(32-15(2)27)11-16(25)12-21(24)28/h14,16-22,24,28-29H,5-13H2,1-4H3,(H,30,31)/t14?,16-,17?,18+,19?,20?,21?,22?,24-,25-,26+/m0/s1. The van der Waals surface area contributed by atoms with E-state index in [9.17, 15) is 19.8 Å². The van der Waals surface area contributed by atoms with Crippen molar-refractivity contribution in [3.63, 3.8) is 0 Å². The number of rotatable bonds is 5. The first-order chi connectivity index (χ1) is 15.0. The third-order valence-corrected chi connectivity index (χ3v) is 10.6. The zero-order valence-electron chi connectivity index (χ0n) is 20.1. The van der Waals surface area contributed by atoms with Gasteiger partial charge >= 0.3 is 11.9 Å². The van der Waals surface area contributed by atoms with Crippen LogP contribution in [0.4, 0.5) is 0 Å². The maximum Gasteiger partial charge on any atom is 0.303 e. The maximum atomic E-state index is 11.6. The molecule has 4 aliphatic rings. The van der Waals surface area contributed by atoms with Gasteiger partial charge in [0.25, 0.3) is 0 Å².